The van der Waals surface area contributed by atoms with Gasteiger partial charge in [-0.2, -0.15) is 0 Å². The Kier molecular flexibility index (Phi) is 3.32. The minimum Gasteiger partial charge on any atom is -0.497 e. The summed E-state index contributed by atoms with van der Waals surface area (Å²) < 4.78 is 15.5. The Morgan fingerprint density at radius 1 is 1.28 bits per heavy atom. The van der Waals surface area contributed by atoms with Crippen molar-refractivity contribution in [1.82, 2.24) is 5.16 Å². The van der Waals surface area contributed by atoms with E-state index in [2.05, 4.69) is 5.16 Å². The van der Waals surface area contributed by atoms with Crippen LogP contribution in [0.4, 0.5) is 0 Å². The lowest BCUT2D eigenvalue weighted by atomic mass is 10.1. The maximum absolute atomic E-state index is 11.5. The van der Waals surface area contributed by atoms with E-state index < -0.39 is 0 Å². The summed E-state index contributed by atoms with van der Waals surface area (Å²) in [6, 6.07) is 5.26. The molecule has 0 aliphatic rings. The van der Waals surface area contributed by atoms with Crippen LogP contribution in [0, 0.1) is 0 Å². The van der Waals surface area contributed by atoms with E-state index in [0.29, 0.717) is 28.4 Å². The van der Waals surface area contributed by atoms with Crippen molar-refractivity contribution in [2.75, 3.05) is 14.2 Å². The van der Waals surface area contributed by atoms with Gasteiger partial charge >= 0.3 is 0 Å². The third-order valence-electron chi connectivity index (χ3n) is 2.60. The average molecular weight is 247 g/mol. The fourth-order valence-electron chi connectivity index (χ4n) is 1.68. The van der Waals surface area contributed by atoms with Crippen LogP contribution in [-0.4, -0.2) is 25.2 Å². The molecular formula is C13H13NO4. The van der Waals surface area contributed by atoms with E-state index in [1.54, 1.807) is 32.4 Å². The third-order valence-corrected chi connectivity index (χ3v) is 2.60. The Hall–Kier alpha value is -2.30. The Labute approximate surface area is 104 Å². The molecule has 0 fully saturated rings. The van der Waals surface area contributed by atoms with Gasteiger partial charge in [-0.15, -0.1) is 0 Å². The molecule has 5 nitrogen and oxygen atoms in total. The molecule has 0 aliphatic carbocycles. The Balaban J connectivity index is 2.61. The van der Waals surface area contributed by atoms with Gasteiger partial charge in [0, 0.05) is 0 Å². The highest BCUT2D eigenvalue weighted by Crippen LogP contribution is 2.35. The molecular weight excluding hydrogens is 234 g/mol. The van der Waals surface area contributed by atoms with Crippen molar-refractivity contribution in [3.8, 4) is 22.8 Å². The quantitative estimate of drug-likeness (QED) is 0.777. The summed E-state index contributed by atoms with van der Waals surface area (Å²) in [5.74, 6) is 1.51. The summed E-state index contributed by atoms with van der Waals surface area (Å²) in [5, 5.41) is 3.66. The lowest BCUT2D eigenvalue weighted by molar-refractivity contribution is 0.101. The molecule has 0 saturated heterocycles. The first-order valence-corrected chi connectivity index (χ1v) is 5.35. The summed E-state index contributed by atoms with van der Waals surface area (Å²) in [6.07, 6.45) is 1.40. The average Bonchev–Trinajstić information content (AvgIpc) is 2.87. The molecule has 0 bridgehead atoms. The Morgan fingerprint density at radius 3 is 2.67 bits per heavy atom. The van der Waals surface area contributed by atoms with Crippen molar-refractivity contribution in [1.29, 1.82) is 0 Å². The van der Waals surface area contributed by atoms with Crippen LogP contribution in [0.1, 0.15) is 17.3 Å². The van der Waals surface area contributed by atoms with Crippen molar-refractivity contribution in [3.63, 3.8) is 0 Å². The first kappa shape index (κ1) is 12.2. The van der Waals surface area contributed by atoms with Gasteiger partial charge in [0.25, 0.3) is 0 Å². The number of ether oxygens (including phenoxy) is 2. The molecule has 1 aromatic carbocycles. The summed E-state index contributed by atoms with van der Waals surface area (Å²) in [4.78, 5) is 11.5. The number of Topliss-reactive ketones (excluding diaryl/α,β-unsaturated/α-hetero) is 1. The van der Waals surface area contributed by atoms with Gasteiger partial charge in [-0.3, -0.25) is 4.79 Å². The van der Waals surface area contributed by atoms with Crippen molar-refractivity contribution < 1.29 is 18.8 Å². The summed E-state index contributed by atoms with van der Waals surface area (Å²) in [7, 11) is 3.12. The molecule has 0 amide bonds. The van der Waals surface area contributed by atoms with E-state index in [4.69, 9.17) is 14.0 Å². The SMILES string of the molecule is COc1ccc(OC)c(-c2oncc2C(C)=O)c1. The summed E-state index contributed by atoms with van der Waals surface area (Å²) in [5.41, 5.74) is 1.06. The predicted octanol–water partition coefficient (Wildman–Crippen LogP) is 2.56. The van der Waals surface area contributed by atoms with Crippen LogP contribution in [-0.2, 0) is 0 Å². The Bertz CT molecular complexity index is 574. The van der Waals surface area contributed by atoms with Gasteiger partial charge in [-0.05, 0) is 25.1 Å². The van der Waals surface area contributed by atoms with Crippen molar-refractivity contribution in [2.24, 2.45) is 0 Å². The lowest BCUT2D eigenvalue weighted by Gasteiger charge is -2.08. The molecule has 94 valence electrons. The summed E-state index contributed by atoms with van der Waals surface area (Å²) in [6.45, 7) is 1.46. The topological polar surface area (TPSA) is 61.6 Å². The van der Waals surface area contributed by atoms with Gasteiger partial charge in [-0.25, -0.2) is 0 Å². The smallest absolute Gasteiger partial charge is 0.181 e. The van der Waals surface area contributed by atoms with Crippen LogP contribution in [0.5, 0.6) is 11.5 Å². The molecule has 5 heteroatoms. The van der Waals surface area contributed by atoms with Crippen molar-refractivity contribution >= 4 is 5.78 Å². The number of methoxy groups -OCH3 is 2. The molecule has 2 aromatic rings. The van der Waals surface area contributed by atoms with E-state index in [1.807, 2.05) is 0 Å². The molecule has 0 N–H and O–H groups in total. The largest absolute Gasteiger partial charge is 0.497 e. The van der Waals surface area contributed by atoms with E-state index in [9.17, 15) is 4.79 Å². The number of ketones is 1. The first-order chi connectivity index (χ1) is 8.67. The second-order valence-electron chi connectivity index (χ2n) is 3.69. The van der Waals surface area contributed by atoms with E-state index in [1.165, 1.54) is 13.1 Å². The van der Waals surface area contributed by atoms with Gasteiger partial charge in [0.2, 0.25) is 0 Å². The normalized spacial score (nSPS) is 10.2. The number of nitrogens with zero attached hydrogens (tertiary/aromatic N) is 1. The zero-order chi connectivity index (χ0) is 13.1. The standard InChI is InChI=1S/C13H13NO4/c1-8(15)11-7-14-18-13(11)10-6-9(16-2)4-5-12(10)17-3/h4-7H,1-3H3. The highest BCUT2D eigenvalue weighted by molar-refractivity contribution is 5.99. The molecule has 0 radical (unpaired) electrons. The minimum atomic E-state index is -0.115. The van der Waals surface area contributed by atoms with Crippen molar-refractivity contribution in [2.45, 2.75) is 6.92 Å². The summed E-state index contributed by atoms with van der Waals surface area (Å²) >= 11 is 0. The van der Waals surface area contributed by atoms with Crippen LogP contribution >= 0.6 is 0 Å². The molecule has 1 aromatic heterocycles. The highest BCUT2D eigenvalue weighted by atomic mass is 16.5. The van der Waals surface area contributed by atoms with Gasteiger partial charge in [-0.1, -0.05) is 5.16 Å². The fourth-order valence-corrected chi connectivity index (χ4v) is 1.68. The number of rotatable bonds is 4. The molecule has 0 unspecified atom stereocenters. The van der Waals surface area contributed by atoms with Gasteiger partial charge in [0.1, 0.15) is 11.5 Å². The monoisotopic (exact) mass is 247 g/mol. The van der Waals surface area contributed by atoms with Crippen LogP contribution in [0.15, 0.2) is 28.9 Å². The van der Waals surface area contributed by atoms with Gasteiger partial charge < -0.3 is 14.0 Å². The lowest BCUT2D eigenvalue weighted by Crippen LogP contribution is -1.95. The molecule has 0 aliphatic heterocycles. The third kappa shape index (κ3) is 2.07. The molecule has 0 atom stereocenters. The van der Waals surface area contributed by atoms with Crippen LogP contribution < -0.4 is 9.47 Å². The number of carbonyl (C=O) groups excluding carboxylic acids is 1. The number of benzene rings is 1. The minimum absolute atomic E-state index is 0.115. The number of carbonyl (C=O) groups is 1. The molecule has 2 rings (SSSR count). The molecule has 0 saturated carbocycles. The maximum atomic E-state index is 11.5. The van der Waals surface area contributed by atoms with Crippen LogP contribution in [0.3, 0.4) is 0 Å². The number of hydrogen-bond donors (Lipinski definition) is 0. The molecule has 0 spiro atoms. The first-order valence-electron chi connectivity index (χ1n) is 5.35. The van der Waals surface area contributed by atoms with Crippen LogP contribution in [0.2, 0.25) is 0 Å². The van der Waals surface area contributed by atoms with E-state index >= 15 is 0 Å². The van der Waals surface area contributed by atoms with Crippen molar-refractivity contribution in [3.05, 3.63) is 30.0 Å². The van der Waals surface area contributed by atoms with Crippen LogP contribution in [0.25, 0.3) is 11.3 Å². The highest BCUT2D eigenvalue weighted by Gasteiger charge is 2.18. The molecule has 18 heavy (non-hydrogen) atoms. The maximum Gasteiger partial charge on any atom is 0.181 e. The Morgan fingerprint density at radius 2 is 2.06 bits per heavy atom. The fraction of sp³-hybridized carbons (Fsp3) is 0.231. The zero-order valence-electron chi connectivity index (χ0n) is 10.4. The second kappa shape index (κ2) is 4.91. The predicted molar refractivity (Wildman–Crippen MR) is 65.0 cm³/mol. The van der Waals surface area contributed by atoms with Gasteiger partial charge in [0.05, 0.1) is 31.5 Å². The zero-order valence-corrected chi connectivity index (χ0v) is 10.4. The second-order valence-corrected chi connectivity index (χ2v) is 3.69. The number of hydrogen-bond acceptors (Lipinski definition) is 5. The van der Waals surface area contributed by atoms with E-state index in [-0.39, 0.29) is 5.78 Å². The molecule has 1 heterocycles. The van der Waals surface area contributed by atoms with E-state index in [0.717, 1.165) is 0 Å². The number of aromatic nitrogens is 1. The van der Waals surface area contributed by atoms with Gasteiger partial charge in [0.15, 0.2) is 11.5 Å².